The number of hydrogen-bond donors (Lipinski definition) is 2. The molecule has 0 amide bonds. The van der Waals surface area contributed by atoms with E-state index in [1.54, 1.807) is 0 Å². The second kappa shape index (κ2) is 7.34. The van der Waals surface area contributed by atoms with E-state index in [0.717, 1.165) is 47.7 Å². The molecule has 0 radical (unpaired) electrons. The summed E-state index contributed by atoms with van der Waals surface area (Å²) in [5, 5.41) is 12.9. The molecule has 1 fully saturated rings. The Labute approximate surface area is 164 Å². The number of aromatic nitrogens is 1. The highest BCUT2D eigenvalue weighted by molar-refractivity contribution is 5.88. The second-order valence-corrected chi connectivity index (χ2v) is 7.71. The maximum Gasteiger partial charge on any atom is 0.341 e. The van der Waals surface area contributed by atoms with Gasteiger partial charge in [0.1, 0.15) is 11.3 Å². The standard InChI is InChI=1S/C22H26N2O4/c1-3-14-7-16-18(8-21(14)28-12-13-5-6-13)23-10-15(4-2)24-11-17(22(26)27)20(25)9-19(16)24/h7-9,11,13,15,23H,3-6,10,12H2,1-2H3,(H,26,27)/t15-/m1/s1. The van der Waals surface area contributed by atoms with Crippen LogP contribution in [0.1, 0.15) is 55.1 Å². The van der Waals surface area contributed by atoms with Crippen molar-refractivity contribution in [1.82, 2.24) is 4.57 Å². The van der Waals surface area contributed by atoms with Gasteiger partial charge in [-0.3, -0.25) is 4.79 Å². The Morgan fingerprint density at radius 2 is 2.07 bits per heavy atom. The molecule has 1 aliphatic heterocycles. The lowest BCUT2D eigenvalue weighted by Crippen LogP contribution is -2.22. The molecule has 1 aromatic heterocycles. The van der Waals surface area contributed by atoms with Crippen LogP contribution in [0.25, 0.3) is 11.3 Å². The maximum atomic E-state index is 12.4. The summed E-state index contributed by atoms with van der Waals surface area (Å²) in [6.07, 6.45) is 5.62. The van der Waals surface area contributed by atoms with Crippen LogP contribution in [0.3, 0.4) is 0 Å². The van der Waals surface area contributed by atoms with Crippen LogP contribution in [-0.2, 0) is 6.42 Å². The number of anilines is 1. The topological polar surface area (TPSA) is 80.6 Å². The van der Waals surface area contributed by atoms with Crippen LogP contribution in [0.15, 0.2) is 29.2 Å². The normalized spacial score (nSPS) is 17.9. The van der Waals surface area contributed by atoms with Crippen LogP contribution in [-0.4, -0.2) is 28.8 Å². The third-order valence-corrected chi connectivity index (χ3v) is 5.73. The first-order valence-electron chi connectivity index (χ1n) is 10.0. The number of nitrogens with one attached hydrogen (secondary N) is 1. The molecule has 28 heavy (non-hydrogen) atoms. The Kier molecular flexibility index (Phi) is 4.87. The zero-order chi connectivity index (χ0) is 19.8. The molecule has 1 aliphatic carbocycles. The predicted octanol–water partition coefficient (Wildman–Crippen LogP) is 3.94. The van der Waals surface area contributed by atoms with E-state index < -0.39 is 11.4 Å². The van der Waals surface area contributed by atoms with Crippen molar-refractivity contribution in [3.05, 3.63) is 45.7 Å². The van der Waals surface area contributed by atoms with E-state index in [1.807, 2.05) is 10.6 Å². The number of benzene rings is 1. The highest BCUT2D eigenvalue weighted by Crippen LogP contribution is 2.39. The number of pyridine rings is 1. The Hall–Kier alpha value is -2.76. The van der Waals surface area contributed by atoms with E-state index in [9.17, 15) is 14.7 Å². The average Bonchev–Trinajstić information content (AvgIpc) is 3.51. The van der Waals surface area contributed by atoms with Crippen LogP contribution in [0.2, 0.25) is 0 Å². The summed E-state index contributed by atoms with van der Waals surface area (Å²) in [4.78, 5) is 23.9. The fourth-order valence-electron chi connectivity index (χ4n) is 3.78. The van der Waals surface area contributed by atoms with Gasteiger partial charge in [-0.2, -0.15) is 0 Å². The molecule has 0 bridgehead atoms. The number of carboxylic acids is 1. The van der Waals surface area contributed by atoms with Gasteiger partial charge in [0, 0.05) is 36.1 Å². The van der Waals surface area contributed by atoms with Gasteiger partial charge >= 0.3 is 5.97 Å². The van der Waals surface area contributed by atoms with Gasteiger partial charge in [-0.1, -0.05) is 13.8 Å². The number of fused-ring (bicyclic) bond motifs is 3. The third-order valence-electron chi connectivity index (χ3n) is 5.73. The lowest BCUT2D eigenvalue weighted by molar-refractivity contribution is 0.0694. The highest BCUT2D eigenvalue weighted by Gasteiger charge is 2.26. The van der Waals surface area contributed by atoms with Gasteiger partial charge < -0.3 is 19.7 Å². The van der Waals surface area contributed by atoms with Crippen molar-refractivity contribution < 1.29 is 14.6 Å². The van der Waals surface area contributed by atoms with E-state index in [2.05, 4.69) is 25.2 Å². The summed E-state index contributed by atoms with van der Waals surface area (Å²) >= 11 is 0. The van der Waals surface area contributed by atoms with E-state index in [-0.39, 0.29) is 11.6 Å². The monoisotopic (exact) mass is 382 g/mol. The van der Waals surface area contributed by atoms with Crippen molar-refractivity contribution in [3.63, 3.8) is 0 Å². The number of aromatic carboxylic acids is 1. The maximum absolute atomic E-state index is 12.4. The van der Waals surface area contributed by atoms with Gasteiger partial charge in [0.2, 0.25) is 0 Å². The first kappa shape index (κ1) is 18.6. The van der Waals surface area contributed by atoms with Crippen LogP contribution >= 0.6 is 0 Å². The average molecular weight is 382 g/mol. The SMILES string of the molecule is CCc1cc2c(cc1OCC1CC1)NC[C@@H](CC)n1cc(C(=O)O)c(=O)cc1-2. The molecule has 148 valence electrons. The van der Waals surface area contributed by atoms with Crippen molar-refractivity contribution in [3.8, 4) is 17.0 Å². The Balaban J connectivity index is 1.85. The second-order valence-electron chi connectivity index (χ2n) is 7.71. The molecule has 2 aliphatic rings. The summed E-state index contributed by atoms with van der Waals surface area (Å²) in [7, 11) is 0. The fraction of sp³-hybridized carbons (Fsp3) is 0.455. The predicted molar refractivity (Wildman–Crippen MR) is 109 cm³/mol. The van der Waals surface area contributed by atoms with Crippen molar-refractivity contribution >= 4 is 11.7 Å². The van der Waals surface area contributed by atoms with Crippen LogP contribution in [0.5, 0.6) is 5.75 Å². The first-order valence-corrected chi connectivity index (χ1v) is 10.0. The quantitative estimate of drug-likeness (QED) is 0.791. The molecule has 1 aromatic carbocycles. The molecular weight excluding hydrogens is 356 g/mol. The molecule has 0 spiro atoms. The molecule has 2 heterocycles. The fourth-order valence-corrected chi connectivity index (χ4v) is 3.78. The number of carbonyl (C=O) groups is 1. The molecule has 1 atom stereocenters. The first-order chi connectivity index (χ1) is 13.5. The zero-order valence-electron chi connectivity index (χ0n) is 16.3. The summed E-state index contributed by atoms with van der Waals surface area (Å²) in [5.74, 6) is 0.381. The largest absolute Gasteiger partial charge is 0.493 e. The number of aryl methyl sites for hydroxylation is 1. The summed E-state index contributed by atoms with van der Waals surface area (Å²) in [6, 6.07) is 5.63. The van der Waals surface area contributed by atoms with E-state index in [0.29, 0.717) is 12.5 Å². The molecular formula is C22H26N2O4. The number of rotatable bonds is 6. The number of hydrogen-bond acceptors (Lipinski definition) is 4. The van der Waals surface area contributed by atoms with Crippen LogP contribution in [0.4, 0.5) is 5.69 Å². The summed E-state index contributed by atoms with van der Waals surface area (Å²) < 4.78 is 8.03. The molecule has 2 aromatic rings. The number of carboxylic acid groups (broad SMARTS) is 1. The zero-order valence-corrected chi connectivity index (χ0v) is 16.3. The summed E-state index contributed by atoms with van der Waals surface area (Å²) in [6.45, 7) is 5.56. The van der Waals surface area contributed by atoms with Crippen LogP contribution < -0.4 is 15.5 Å². The molecule has 6 heteroatoms. The van der Waals surface area contributed by atoms with Gasteiger partial charge in [0.15, 0.2) is 5.43 Å². The lowest BCUT2D eigenvalue weighted by atomic mass is 10.0. The van der Waals surface area contributed by atoms with Crippen molar-refractivity contribution in [2.45, 2.75) is 45.6 Å². The minimum Gasteiger partial charge on any atom is -0.493 e. The van der Waals surface area contributed by atoms with Crippen molar-refractivity contribution in [1.29, 1.82) is 0 Å². The molecule has 0 unspecified atom stereocenters. The number of ether oxygens (including phenoxy) is 1. The molecule has 1 saturated carbocycles. The van der Waals surface area contributed by atoms with Gasteiger partial charge in [0.05, 0.1) is 18.3 Å². The lowest BCUT2D eigenvalue weighted by Gasteiger charge is -2.20. The van der Waals surface area contributed by atoms with Gasteiger partial charge in [0.25, 0.3) is 0 Å². The van der Waals surface area contributed by atoms with Gasteiger partial charge in [-0.15, -0.1) is 0 Å². The van der Waals surface area contributed by atoms with E-state index in [1.165, 1.54) is 25.1 Å². The Morgan fingerprint density at radius 3 is 2.71 bits per heavy atom. The Morgan fingerprint density at radius 1 is 1.29 bits per heavy atom. The van der Waals surface area contributed by atoms with E-state index >= 15 is 0 Å². The number of nitrogens with zero attached hydrogens (tertiary/aromatic N) is 1. The third kappa shape index (κ3) is 3.39. The smallest absolute Gasteiger partial charge is 0.341 e. The molecule has 4 rings (SSSR count). The molecule has 0 saturated heterocycles. The van der Waals surface area contributed by atoms with Crippen molar-refractivity contribution in [2.75, 3.05) is 18.5 Å². The Bertz CT molecular complexity index is 975. The van der Waals surface area contributed by atoms with Crippen LogP contribution in [0, 0.1) is 5.92 Å². The van der Waals surface area contributed by atoms with E-state index in [4.69, 9.17) is 4.74 Å². The minimum atomic E-state index is -1.19. The molecule has 6 nitrogen and oxygen atoms in total. The molecule has 2 N–H and O–H groups in total. The minimum absolute atomic E-state index is 0.0574. The highest BCUT2D eigenvalue weighted by atomic mass is 16.5. The van der Waals surface area contributed by atoms with Crippen molar-refractivity contribution in [2.24, 2.45) is 5.92 Å². The summed E-state index contributed by atoms with van der Waals surface area (Å²) in [5.41, 5.74) is 3.04. The van der Waals surface area contributed by atoms with Gasteiger partial charge in [-0.05, 0) is 43.2 Å². The van der Waals surface area contributed by atoms with Gasteiger partial charge in [-0.25, -0.2) is 4.79 Å².